The first-order valence-corrected chi connectivity index (χ1v) is 7.21. The molecule has 0 amide bonds. The number of rotatable bonds is 5. The molecule has 0 saturated heterocycles. The van der Waals surface area contributed by atoms with Gasteiger partial charge in [0, 0.05) is 30.1 Å². The number of aryl methyl sites for hydroxylation is 1. The van der Waals surface area contributed by atoms with Gasteiger partial charge >= 0.3 is 0 Å². The fourth-order valence-electron chi connectivity index (χ4n) is 2.54. The molecule has 0 saturated carbocycles. The third-order valence-electron chi connectivity index (χ3n) is 3.70. The molecule has 0 spiro atoms. The predicted octanol–water partition coefficient (Wildman–Crippen LogP) is 3.02. The number of benzene rings is 1. The minimum absolute atomic E-state index is 0.427. The highest BCUT2D eigenvalue weighted by Gasteiger charge is 2.14. The molecule has 3 aromatic rings. The van der Waals surface area contributed by atoms with Crippen LogP contribution in [0.4, 0.5) is 0 Å². The molecule has 0 radical (unpaired) electrons. The van der Waals surface area contributed by atoms with Crippen LogP contribution in [-0.4, -0.2) is 20.0 Å². The van der Waals surface area contributed by atoms with Crippen molar-refractivity contribution >= 4 is 10.9 Å². The van der Waals surface area contributed by atoms with Crippen LogP contribution < -0.4 is 0 Å². The Balaban J connectivity index is 1.97. The zero-order chi connectivity index (χ0) is 14.7. The molecule has 0 aliphatic heterocycles. The Hall–Kier alpha value is -2.61. The van der Waals surface area contributed by atoms with Gasteiger partial charge in [-0.05, 0) is 18.1 Å². The van der Waals surface area contributed by atoms with Crippen molar-refractivity contribution in [3.8, 4) is 6.07 Å². The van der Waals surface area contributed by atoms with Crippen molar-refractivity contribution < 1.29 is 0 Å². The molecule has 1 aromatic carbocycles. The molecule has 2 heterocycles. The van der Waals surface area contributed by atoms with E-state index in [4.69, 9.17) is 0 Å². The van der Waals surface area contributed by atoms with E-state index >= 15 is 0 Å². The Bertz CT molecular complexity index is 790. The third kappa shape index (κ3) is 2.52. The number of H-pyrrole nitrogens is 1. The molecule has 0 fully saturated rings. The second-order valence-electron chi connectivity index (χ2n) is 5.11. The molecule has 2 aromatic heterocycles. The maximum Gasteiger partial charge on any atom is 0.186 e. The molecule has 0 unspecified atom stereocenters. The van der Waals surface area contributed by atoms with Gasteiger partial charge in [-0.1, -0.05) is 36.8 Å². The SMILES string of the molecule is CCCCn1nnc(C#N)c1Cc1c[nH]c2ccccc12. The van der Waals surface area contributed by atoms with Crippen molar-refractivity contribution in [3.05, 3.63) is 47.4 Å². The lowest BCUT2D eigenvalue weighted by molar-refractivity contribution is 0.537. The summed E-state index contributed by atoms with van der Waals surface area (Å²) in [6, 6.07) is 10.3. The zero-order valence-electron chi connectivity index (χ0n) is 12.0. The van der Waals surface area contributed by atoms with Gasteiger partial charge in [-0.2, -0.15) is 5.26 Å². The van der Waals surface area contributed by atoms with Crippen molar-refractivity contribution in [1.29, 1.82) is 5.26 Å². The van der Waals surface area contributed by atoms with Gasteiger partial charge in [0.2, 0.25) is 0 Å². The largest absolute Gasteiger partial charge is 0.361 e. The summed E-state index contributed by atoms with van der Waals surface area (Å²) in [4.78, 5) is 3.27. The molecule has 21 heavy (non-hydrogen) atoms. The molecule has 3 rings (SSSR count). The predicted molar refractivity (Wildman–Crippen MR) is 80.7 cm³/mol. The smallest absolute Gasteiger partial charge is 0.186 e. The summed E-state index contributed by atoms with van der Waals surface area (Å²) in [5, 5.41) is 18.5. The third-order valence-corrected chi connectivity index (χ3v) is 3.70. The Labute approximate surface area is 123 Å². The average Bonchev–Trinajstić information content (AvgIpc) is 3.10. The number of nitriles is 1. The van der Waals surface area contributed by atoms with Gasteiger partial charge in [-0.15, -0.1) is 5.10 Å². The minimum Gasteiger partial charge on any atom is -0.361 e. The standard InChI is InChI=1S/C16H17N5/c1-2-3-8-21-16(15(10-17)19-20-21)9-12-11-18-14-7-5-4-6-13(12)14/h4-7,11,18H,2-3,8-9H2,1H3. The number of nitrogens with zero attached hydrogens (tertiary/aromatic N) is 4. The Morgan fingerprint density at radius 1 is 1.33 bits per heavy atom. The maximum absolute atomic E-state index is 9.23. The van der Waals surface area contributed by atoms with Gasteiger partial charge in [-0.25, -0.2) is 4.68 Å². The second-order valence-corrected chi connectivity index (χ2v) is 5.11. The van der Waals surface area contributed by atoms with Crippen LogP contribution in [0.25, 0.3) is 10.9 Å². The lowest BCUT2D eigenvalue weighted by atomic mass is 10.1. The number of aromatic nitrogens is 4. The number of nitrogens with one attached hydrogen (secondary N) is 1. The van der Waals surface area contributed by atoms with Crippen molar-refractivity contribution in [2.24, 2.45) is 0 Å². The topological polar surface area (TPSA) is 70.3 Å². The van der Waals surface area contributed by atoms with Crippen LogP contribution in [0, 0.1) is 11.3 Å². The van der Waals surface area contributed by atoms with Gasteiger partial charge in [0.1, 0.15) is 6.07 Å². The van der Waals surface area contributed by atoms with E-state index in [2.05, 4.69) is 40.4 Å². The summed E-state index contributed by atoms with van der Waals surface area (Å²) < 4.78 is 1.86. The first-order valence-electron chi connectivity index (χ1n) is 7.21. The summed E-state index contributed by atoms with van der Waals surface area (Å²) in [7, 11) is 0. The number of fused-ring (bicyclic) bond motifs is 1. The average molecular weight is 279 g/mol. The van der Waals surface area contributed by atoms with Gasteiger partial charge in [0.05, 0.1) is 5.69 Å². The van der Waals surface area contributed by atoms with Gasteiger partial charge in [0.25, 0.3) is 0 Å². The minimum atomic E-state index is 0.427. The van der Waals surface area contributed by atoms with Crippen molar-refractivity contribution in [1.82, 2.24) is 20.0 Å². The first kappa shape index (κ1) is 13.4. The molecule has 5 nitrogen and oxygen atoms in total. The maximum atomic E-state index is 9.23. The van der Waals surface area contributed by atoms with Crippen LogP contribution >= 0.6 is 0 Å². The quantitative estimate of drug-likeness (QED) is 0.780. The number of hydrogen-bond acceptors (Lipinski definition) is 3. The van der Waals surface area contributed by atoms with Gasteiger partial charge in [0.15, 0.2) is 5.69 Å². The van der Waals surface area contributed by atoms with Crippen LogP contribution in [0.1, 0.15) is 36.7 Å². The number of hydrogen-bond donors (Lipinski definition) is 1. The summed E-state index contributed by atoms with van der Waals surface area (Å²) >= 11 is 0. The zero-order valence-corrected chi connectivity index (χ0v) is 12.0. The van der Waals surface area contributed by atoms with E-state index in [1.54, 1.807) is 0 Å². The molecular weight excluding hydrogens is 262 g/mol. The van der Waals surface area contributed by atoms with Crippen LogP contribution in [0.3, 0.4) is 0 Å². The van der Waals surface area contributed by atoms with Crippen molar-refractivity contribution in [2.45, 2.75) is 32.7 Å². The Morgan fingerprint density at radius 3 is 3.00 bits per heavy atom. The number of para-hydroxylation sites is 1. The van der Waals surface area contributed by atoms with E-state index in [-0.39, 0.29) is 0 Å². The van der Waals surface area contributed by atoms with Crippen LogP contribution in [0.15, 0.2) is 30.5 Å². The van der Waals surface area contributed by atoms with Crippen LogP contribution in [0.5, 0.6) is 0 Å². The lowest BCUT2D eigenvalue weighted by Gasteiger charge is -2.05. The molecule has 0 aliphatic rings. The summed E-state index contributed by atoms with van der Waals surface area (Å²) in [5.74, 6) is 0. The molecule has 106 valence electrons. The van der Waals surface area contributed by atoms with Gasteiger partial charge in [-0.3, -0.25) is 0 Å². The molecule has 5 heteroatoms. The van der Waals surface area contributed by atoms with Crippen LogP contribution in [-0.2, 0) is 13.0 Å². The molecular formula is C16H17N5. The lowest BCUT2D eigenvalue weighted by Crippen LogP contribution is -2.06. The van der Waals surface area contributed by atoms with Crippen molar-refractivity contribution in [3.63, 3.8) is 0 Å². The highest BCUT2D eigenvalue weighted by molar-refractivity contribution is 5.83. The Morgan fingerprint density at radius 2 is 2.19 bits per heavy atom. The number of unbranched alkanes of at least 4 members (excludes halogenated alkanes) is 1. The van der Waals surface area contributed by atoms with E-state index in [9.17, 15) is 5.26 Å². The Kier molecular flexibility index (Phi) is 3.69. The van der Waals surface area contributed by atoms with E-state index in [0.29, 0.717) is 12.1 Å². The van der Waals surface area contributed by atoms with E-state index in [1.165, 1.54) is 10.9 Å². The second kappa shape index (κ2) is 5.80. The van der Waals surface area contributed by atoms with E-state index in [1.807, 2.05) is 23.0 Å². The summed E-state index contributed by atoms with van der Waals surface area (Å²) in [6.45, 7) is 2.95. The van der Waals surface area contributed by atoms with E-state index < -0.39 is 0 Å². The normalized spacial score (nSPS) is 10.9. The van der Waals surface area contributed by atoms with E-state index in [0.717, 1.165) is 30.6 Å². The fraction of sp³-hybridized carbons (Fsp3) is 0.312. The number of aromatic amines is 1. The molecule has 0 atom stereocenters. The molecule has 0 aliphatic carbocycles. The highest BCUT2D eigenvalue weighted by atomic mass is 15.4. The molecule has 1 N–H and O–H groups in total. The van der Waals surface area contributed by atoms with Gasteiger partial charge < -0.3 is 4.98 Å². The monoisotopic (exact) mass is 279 g/mol. The van der Waals surface area contributed by atoms with Crippen molar-refractivity contribution in [2.75, 3.05) is 0 Å². The molecule has 0 bridgehead atoms. The van der Waals surface area contributed by atoms with Crippen LogP contribution in [0.2, 0.25) is 0 Å². The first-order chi connectivity index (χ1) is 10.3. The summed E-state index contributed by atoms with van der Waals surface area (Å²) in [6.07, 6.45) is 4.80. The summed E-state index contributed by atoms with van der Waals surface area (Å²) in [5.41, 5.74) is 3.60. The fourth-order valence-corrected chi connectivity index (χ4v) is 2.54. The highest BCUT2D eigenvalue weighted by Crippen LogP contribution is 2.21.